The Hall–Kier alpha value is -1.59. The van der Waals surface area contributed by atoms with Crippen molar-refractivity contribution in [2.45, 2.75) is 49.9 Å². The van der Waals surface area contributed by atoms with Gasteiger partial charge in [-0.15, -0.1) is 0 Å². The Kier molecular flexibility index (Phi) is 5.11. The minimum absolute atomic E-state index is 0.100. The van der Waals surface area contributed by atoms with Crippen LogP contribution in [-0.2, 0) is 20.7 Å². The molecule has 3 rings (SSSR count). The fourth-order valence-corrected chi connectivity index (χ4v) is 4.29. The van der Waals surface area contributed by atoms with Gasteiger partial charge in [0.25, 0.3) is 0 Å². The fourth-order valence-electron chi connectivity index (χ4n) is 4.29. The number of nitrogens with zero attached hydrogens (tertiary/aromatic N) is 1. The van der Waals surface area contributed by atoms with Crippen LogP contribution in [0.2, 0.25) is 0 Å². The molecule has 1 amide bonds. The summed E-state index contributed by atoms with van der Waals surface area (Å²) in [6.45, 7) is 0.753. The van der Waals surface area contributed by atoms with Crippen molar-refractivity contribution in [2.24, 2.45) is 0 Å². The molecule has 0 aromatic heterocycles. The van der Waals surface area contributed by atoms with E-state index in [1.165, 1.54) is 0 Å². The van der Waals surface area contributed by atoms with Gasteiger partial charge in [0.2, 0.25) is 5.91 Å². The molecule has 132 valence electrons. The Morgan fingerprint density at radius 2 is 2.04 bits per heavy atom. The van der Waals surface area contributed by atoms with Gasteiger partial charge in [-0.05, 0) is 31.7 Å². The second-order valence-corrected chi connectivity index (χ2v) is 6.74. The summed E-state index contributed by atoms with van der Waals surface area (Å²) in [7, 11) is 5.16. The molecular weight excluding hydrogens is 306 g/mol. The fraction of sp³-hybridized carbons (Fsp3) is 0.632. The molecule has 5 heteroatoms. The van der Waals surface area contributed by atoms with Crippen LogP contribution >= 0.6 is 0 Å². The average molecular weight is 333 g/mol. The lowest BCUT2D eigenvalue weighted by Crippen LogP contribution is -2.53. The highest BCUT2D eigenvalue weighted by Crippen LogP contribution is 2.43. The largest absolute Gasteiger partial charge is 0.496 e. The van der Waals surface area contributed by atoms with Gasteiger partial charge in [-0.3, -0.25) is 4.79 Å². The van der Waals surface area contributed by atoms with Crippen molar-refractivity contribution in [1.29, 1.82) is 0 Å². The van der Waals surface area contributed by atoms with Crippen LogP contribution < -0.4 is 4.74 Å². The molecule has 0 radical (unpaired) electrons. The zero-order valence-corrected chi connectivity index (χ0v) is 14.8. The molecule has 2 fully saturated rings. The van der Waals surface area contributed by atoms with E-state index in [0.717, 1.165) is 43.5 Å². The van der Waals surface area contributed by atoms with E-state index in [0.29, 0.717) is 6.42 Å². The minimum atomic E-state index is -0.203. The highest BCUT2D eigenvalue weighted by Gasteiger charge is 2.52. The molecule has 1 aliphatic carbocycles. The van der Waals surface area contributed by atoms with Crippen LogP contribution in [0.1, 0.15) is 31.2 Å². The first-order valence-corrected chi connectivity index (χ1v) is 8.63. The number of methoxy groups -OCH3 is 3. The first kappa shape index (κ1) is 17.2. The van der Waals surface area contributed by atoms with E-state index in [4.69, 9.17) is 14.2 Å². The highest BCUT2D eigenvalue weighted by molar-refractivity contribution is 5.80. The summed E-state index contributed by atoms with van der Waals surface area (Å²) in [5, 5.41) is 0. The number of hydrogen-bond donors (Lipinski definition) is 0. The summed E-state index contributed by atoms with van der Waals surface area (Å²) < 4.78 is 16.8. The monoisotopic (exact) mass is 333 g/mol. The summed E-state index contributed by atoms with van der Waals surface area (Å²) in [4.78, 5) is 15.0. The van der Waals surface area contributed by atoms with Gasteiger partial charge in [0, 0.05) is 26.3 Å². The van der Waals surface area contributed by atoms with Crippen LogP contribution in [-0.4, -0.2) is 56.4 Å². The van der Waals surface area contributed by atoms with E-state index in [1.54, 1.807) is 21.3 Å². The molecule has 1 saturated carbocycles. The molecule has 1 aromatic carbocycles. The van der Waals surface area contributed by atoms with Gasteiger partial charge >= 0.3 is 0 Å². The van der Waals surface area contributed by atoms with E-state index >= 15 is 0 Å². The van der Waals surface area contributed by atoms with Crippen LogP contribution in [0, 0.1) is 0 Å². The Balaban J connectivity index is 1.77. The molecule has 1 aromatic rings. The van der Waals surface area contributed by atoms with Crippen LogP contribution in [0.25, 0.3) is 0 Å². The Bertz CT molecular complexity index is 590. The van der Waals surface area contributed by atoms with Crippen LogP contribution in [0.4, 0.5) is 0 Å². The van der Waals surface area contributed by atoms with Gasteiger partial charge in [-0.1, -0.05) is 18.2 Å². The molecule has 1 heterocycles. The Morgan fingerprint density at radius 3 is 2.75 bits per heavy atom. The van der Waals surface area contributed by atoms with E-state index in [1.807, 2.05) is 29.2 Å². The molecule has 1 saturated heterocycles. The molecule has 24 heavy (non-hydrogen) atoms. The molecule has 2 aliphatic rings. The molecule has 0 spiro atoms. The molecule has 3 atom stereocenters. The second-order valence-electron chi connectivity index (χ2n) is 6.74. The number of ether oxygens (including phenoxy) is 3. The molecule has 0 bridgehead atoms. The number of para-hydroxylation sites is 1. The minimum Gasteiger partial charge on any atom is -0.496 e. The van der Waals surface area contributed by atoms with Crippen molar-refractivity contribution in [3.63, 3.8) is 0 Å². The quantitative estimate of drug-likeness (QED) is 0.830. The summed E-state index contributed by atoms with van der Waals surface area (Å²) in [5.74, 6) is 0.904. The summed E-state index contributed by atoms with van der Waals surface area (Å²) in [5.41, 5.74) is 0.727. The van der Waals surface area contributed by atoms with Crippen molar-refractivity contribution in [3.8, 4) is 5.75 Å². The first-order valence-electron chi connectivity index (χ1n) is 8.63. The smallest absolute Gasteiger partial charge is 0.227 e. The van der Waals surface area contributed by atoms with Gasteiger partial charge in [-0.25, -0.2) is 0 Å². The number of fused-ring (bicyclic) bond motifs is 1. The lowest BCUT2D eigenvalue weighted by molar-refractivity contribution is -0.140. The summed E-state index contributed by atoms with van der Waals surface area (Å²) in [6, 6.07) is 7.81. The van der Waals surface area contributed by atoms with E-state index < -0.39 is 0 Å². The molecule has 5 nitrogen and oxygen atoms in total. The zero-order valence-electron chi connectivity index (χ0n) is 14.8. The predicted molar refractivity (Wildman–Crippen MR) is 91.2 cm³/mol. The first-order chi connectivity index (χ1) is 11.6. The maximum atomic E-state index is 13.0. The third-order valence-electron chi connectivity index (χ3n) is 5.73. The van der Waals surface area contributed by atoms with Gasteiger partial charge in [0.1, 0.15) is 5.75 Å². The number of hydrogen-bond acceptors (Lipinski definition) is 4. The summed E-state index contributed by atoms with van der Waals surface area (Å²) in [6.07, 6.45) is 4.26. The van der Waals surface area contributed by atoms with E-state index in [-0.39, 0.29) is 23.7 Å². The zero-order chi connectivity index (χ0) is 17.2. The standard InChI is InChI=1S/C19H27NO4/c1-22-15-8-9-19(24-3)10-11-20(17(19)13-15)18(21)12-14-6-4-5-7-16(14)23-2/h4-7,15,17H,8-13H2,1-3H3/t15-,17+,19-/m1/s1. The maximum Gasteiger partial charge on any atom is 0.227 e. The van der Waals surface area contributed by atoms with Crippen LogP contribution in [0.3, 0.4) is 0 Å². The van der Waals surface area contributed by atoms with Crippen LogP contribution in [0.15, 0.2) is 24.3 Å². The third kappa shape index (κ3) is 3.03. The SMILES string of the molecule is COc1ccccc1CC(=O)N1CC[C@]2(OC)CC[C@@H](OC)C[C@H]12. The van der Waals surface area contributed by atoms with Crippen molar-refractivity contribution in [3.05, 3.63) is 29.8 Å². The maximum absolute atomic E-state index is 13.0. The predicted octanol–water partition coefficient (Wildman–Crippen LogP) is 2.42. The number of likely N-dealkylation sites (tertiary alicyclic amines) is 1. The van der Waals surface area contributed by atoms with Gasteiger partial charge in [-0.2, -0.15) is 0 Å². The van der Waals surface area contributed by atoms with Crippen molar-refractivity contribution < 1.29 is 19.0 Å². The average Bonchev–Trinajstić information content (AvgIpc) is 3.01. The molecule has 1 aliphatic heterocycles. The third-order valence-corrected chi connectivity index (χ3v) is 5.73. The van der Waals surface area contributed by atoms with Crippen molar-refractivity contribution in [1.82, 2.24) is 4.90 Å². The normalized spacial score (nSPS) is 29.4. The van der Waals surface area contributed by atoms with E-state index in [9.17, 15) is 4.79 Å². The lowest BCUT2D eigenvalue weighted by atomic mass is 9.79. The topological polar surface area (TPSA) is 48.0 Å². The molecule has 0 N–H and O–H groups in total. The van der Waals surface area contributed by atoms with Gasteiger partial charge in [0.15, 0.2) is 0 Å². The van der Waals surface area contributed by atoms with Gasteiger partial charge in [0.05, 0.1) is 31.3 Å². The van der Waals surface area contributed by atoms with Crippen LogP contribution in [0.5, 0.6) is 5.75 Å². The number of amides is 1. The lowest BCUT2D eigenvalue weighted by Gasteiger charge is -2.43. The second kappa shape index (κ2) is 7.11. The molecular formula is C19H27NO4. The number of carbonyl (C=O) groups excluding carboxylic acids is 1. The summed E-state index contributed by atoms with van der Waals surface area (Å²) >= 11 is 0. The number of rotatable bonds is 5. The Morgan fingerprint density at radius 1 is 1.25 bits per heavy atom. The number of carbonyl (C=O) groups is 1. The highest BCUT2D eigenvalue weighted by atomic mass is 16.5. The van der Waals surface area contributed by atoms with E-state index in [2.05, 4.69) is 0 Å². The van der Waals surface area contributed by atoms with Gasteiger partial charge < -0.3 is 19.1 Å². The van der Waals surface area contributed by atoms with Crippen molar-refractivity contribution in [2.75, 3.05) is 27.9 Å². The molecule has 0 unspecified atom stereocenters. The number of benzene rings is 1. The van der Waals surface area contributed by atoms with Crippen molar-refractivity contribution >= 4 is 5.91 Å². The Labute approximate surface area is 143 Å².